The van der Waals surface area contributed by atoms with Gasteiger partial charge >= 0.3 is 0 Å². The summed E-state index contributed by atoms with van der Waals surface area (Å²) < 4.78 is 36.6. The van der Waals surface area contributed by atoms with Crippen molar-refractivity contribution in [1.82, 2.24) is 101 Å². The number of nitrogens with one attached hydrogen (secondary N) is 1. The molecule has 9 aromatic rings. The molecule has 0 saturated heterocycles. The Morgan fingerprint density at radius 1 is 0.487 bits per heavy atom. The van der Waals surface area contributed by atoms with Crippen molar-refractivity contribution in [1.29, 1.82) is 0 Å². The number of rotatable bonds is 3. The van der Waals surface area contributed by atoms with Crippen LogP contribution in [0.3, 0.4) is 0 Å². The molecule has 0 aromatic carbocycles. The summed E-state index contributed by atoms with van der Waals surface area (Å²) in [5.41, 5.74) is 0.907. The average Bonchev–Trinajstić information content (AvgIpc) is 4.22. The Morgan fingerprint density at radius 2 is 1.10 bits per heavy atom. The number of aromatic nitrogens is 20. The lowest BCUT2D eigenvalue weighted by atomic mass is 10.2. The van der Waals surface area contributed by atoms with Crippen LogP contribution in [-0.2, 0) is 0 Å². The van der Waals surface area contributed by atoms with Gasteiger partial charge in [0.15, 0.2) is 19.0 Å². The fraction of sp³-hybridized carbons (Fsp3) is 0.660. The van der Waals surface area contributed by atoms with Gasteiger partial charge in [-0.15, -0.1) is 15.3 Å². The first-order valence-electron chi connectivity index (χ1n) is 25.4. The van der Waals surface area contributed by atoms with Gasteiger partial charge in [-0.05, 0) is 63.2 Å². The SMILES string of the molecule is CC(C)C.CC(C)C.CC(C)C.CC(C)C.CC(C)C.CC(C)C.CC(C)c1cnon1.CC(C)c1nnno1.CC(C)c1nnns1.c1cn[nH]c1.c1cnoc1.c1cocn1.c1conn1.c1nnon1.c1nnsn1. The van der Waals surface area contributed by atoms with Crippen molar-refractivity contribution in [3.05, 3.63) is 104 Å². The summed E-state index contributed by atoms with van der Waals surface area (Å²) in [4.78, 5) is 3.56. The summed E-state index contributed by atoms with van der Waals surface area (Å²) in [7, 11) is 0. The van der Waals surface area contributed by atoms with Gasteiger partial charge < -0.3 is 18.0 Å². The van der Waals surface area contributed by atoms with Crippen LogP contribution in [-0.4, -0.2) is 101 Å². The summed E-state index contributed by atoms with van der Waals surface area (Å²) in [5.74, 6) is 6.76. The molecule has 0 aliphatic rings. The highest BCUT2D eigenvalue weighted by molar-refractivity contribution is 7.05. The van der Waals surface area contributed by atoms with Gasteiger partial charge in [0.2, 0.25) is 0 Å². The number of oxazole rings is 1. The number of aromatic amines is 1. The van der Waals surface area contributed by atoms with E-state index in [1.165, 1.54) is 55.6 Å². The van der Waals surface area contributed by atoms with E-state index in [4.69, 9.17) is 0 Å². The van der Waals surface area contributed by atoms with Crippen molar-refractivity contribution in [3.63, 3.8) is 0 Å². The molecule has 0 bridgehead atoms. The first kappa shape index (κ1) is 82.4. The molecule has 0 amide bonds. The van der Waals surface area contributed by atoms with Crippen LogP contribution in [0.1, 0.15) is 201 Å². The van der Waals surface area contributed by atoms with Gasteiger partial charge in [0.05, 0.1) is 47.1 Å². The summed E-state index contributed by atoms with van der Waals surface area (Å²) in [6.07, 6.45) is 18.2. The smallest absolute Gasteiger partial charge is 0.250 e. The zero-order chi connectivity index (χ0) is 60.6. The fourth-order valence-electron chi connectivity index (χ4n) is 2.06. The molecule has 0 atom stereocenters. The minimum Gasteiger partial charge on any atom is -0.452 e. The molecule has 0 radical (unpaired) electrons. The minimum atomic E-state index is 0.282. The van der Waals surface area contributed by atoms with E-state index in [9.17, 15) is 0 Å². The average molecular weight is 1140 g/mol. The minimum absolute atomic E-state index is 0.282. The van der Waals surface area contributed by atoms with Crippen LogP contribution in [0.4, 0.5) is 0 Å². The maximum absolute atomic E-state index is 4.62. The van der Waals surface area contributed by atoms with Crippen LogP contribution in [0.2, 0.25) is 0 Å². The van der Waals surface area contributed by atoms with E-state index in [1.807, 2.05) is 33.8 Å². The maximum atomic E-state index is 4.62. The van der Waals surface area contributed by atoms with E-state index in [0.29, 0.717) is 17.7 Å². The molecule has 9 aromatic heterocycles. The molecule has 444 valence electrons. The van der Waals surface area contributed by atoms with E-state index >= 15 is 0 Å². The third kappa shape index (κ3) is 102. The summed E-state index contributed by atoms with van der Waals surface area (Å²) >= 11 is 2.46. The number of hydrogen-bond donors (Lipinski definition) is 1. The quantitative estimate of drug-likeness (QED) is 0.172. The zero-order valence-corrected chi connectivity index (χ0v) is 52.7. The highest BCUT2D eigenvalue weighted by Crippen LogP contribution is 2.12. The number of hydrogen-bond acceptors (Lipinski definition) is 27. The lowest BCUT2D eigenvalue weighted by molar-refractivity contribution is 0.292. The monoisotopic (exact) mass is 1140 g/mol. The van der Waals surface area contributed by atoms with Crippen molar-refractivity contribution < 1.29 is 27.2 Å². The van der Waals surface area contributed by atoms with Gasteiger partial charge in [0.25, 0.3) is 5.89 Å². The van der Waals surface area contributed by atoms with Gasteiger partial charge in [-0.25, -0.2) is 14.2 Å². The topological polar surface area (TPSA) is 340 Å². The molecular formula is C50H96N20O6S2. The molecule has 1 N–H and O–H groups in total. The van der Waals surface area contributed by atoms with Crippen LogP contribution in [0, 0.1) is 35.5 Å². The Labute approximate surface area is 472 Å². The zero-order valence-electron chi connectivity index (χ0n) is 51.0. The summed E-state index contributed by atoms with van der Waals surface area (Å²) in [6.45, 7) is 51.2. The van der Waals surface area contributed by atoms with Crippen molar-refractivity contribution in [3.8, 4) is 0 Å². The van der Waals surface area contributed by atoms with Crippen LogP contribution >= 0.6 is 23.3 Å². The first-order chi connectivity index (χ1) is 36.8. The van der Waals surface area contributed by atoms with Crippen LogP contribution in [0.5, 0.6) is 0 Å². The Bertz CT molecular complexity index is 1650. The molecule has 78 heavy (non-hydrogen) atoms. The summed E-state index contributed by atoms with van der Waals surface area (Å²) in [6, 6.07) is 3.56. The largest absolute Gasteiger partial charge is 0.452 e. The molecule has 0 unspecified atom stereocenters. The van der Waals surface area contributed by atoms with Crippen molar-refractivity contribution in [2.24, 2.45) is 35.5 Å². The maximum Gasteiger partial charge on any atom is 0.250 e. The molecule has 28 heteroatoms. The Morgan fingerprint density at radius 3 is 1.26 bits per heavy atom. The van der Waals surface area contributed by atoms with Crippen molar-refractivity contribution >= 4 is 23.3 Å². The predicted molar refractivity (Wildman–Crippen MR) is 305 cm³/mol. The van der Waals surface area contributed by atoms with Crippen LogP contribution < -0.4 is 0 Å². The second kappa shape index (κ2) is 66.1. The fourth-order valence-corrected chi connectivity index (χ4v) is 2.71. The van der Waals surface area contributed by atoms with Gasteiger partial charge in [-0.2, -0.15) is 9.47 Å². The standard InChI is InChI=1S/C5H8N2O.C4H7N3O.C4H7N3S.6C4H10.C3H4N2.2C3H3NO.C2H2N2O.CHN3O.CHN3S/c1-4(2)5-3-6-8-7-5;2*1-3(2)4-5-6-7-8-4;6*1-4(2)3;1-2-4-5-3-1;1-2-5-3-4-1;1-2-4-5-3-1;1-2-5-4-3-1;2*1-2-4-5-3-1/h3-4H,1-2H3;2*3H,1-2H3;6*4H,1-3H3;1-3H,(H,4,5);2*1-3H;1-2H;2*1H. The molecule has 9 heterocycles. The molecule has 0 spiro atoms. The van der Waals surface area contributed by atoms with E-state index in [-0.39, 0.29) is 5.92 Å². The van der Waals surface area contributed by atoms with Gasteiger partial charge in [-0.1, -0.05) is 201 Å². The lowest BCUT2D eigenvalue weighted by Gasteiger charge is -1.91. The second-order valence-electron chi connectivity index (χ2n) is 19.8. The normalized spacial score (nSPS) is 9.04. The number of H-pyrrole nitrogens is 1. The van der Waals surface area contributed by atoms with E-state index < -0.39 is 0 Å². The Balaban J connectivity index is -0.000000179. The van der Waals surface area contributed by atoms with Crippen molar-refractivity contribution in [2.75, 3.05) is 0 Å². The summed E-state index contributed by atoms with van der Waals surface area (Å²) in [5, 5.41) is 54.0. The highest BCUT2D eigenvalue weighted by atomic mass is 32.1. The van der Waals surface area contributed by atoms with Crippen LogP contribution in [0.25, 0.3) is 0 Å². The van der Waals surface area contributed by atoms with Gasteiger partial charge in [-0.3, -0.25) is 5.10 Å². The third-order valence-corrected chi connectivity index (χ3v) is 5.68. The molecular weight excluding hydrogens is 1040 g/mol. The molecule has 0 aliphatic carbocycles. The van der Waals surface area contributed by atoms with E-state index in [0.717, 1.165) is 57.9 Å². The Hall–Kier alpha value is -6.97. The Kier molecular flexibility index (Phi) is 69.8. The lowest BCUT2D eigenvalue weighted by Crippen LogP contribution is -1.85. The molecule has 0 saturated carbocycles. The molecule has 0 aliphatic heterocycles. The molecule has 9 rings (SSSR count). The second-order valence-corrected chi connectivity index (χ2v) is 21.1. The van der Waals surface area contributed by atoms with Gasteiger partial charge in [0.1, 0.15) is 29.5 Å². The first-order valence-corrected chi connectivity index (χ1v) is 26.9. The van der Waals surface area contributed by atoms with Crippen LogP contribution in [0.15, 0.2) is 114 Å². The highest BCUT2D eigenvalue weighted by Gasteiger charge is 2.03. The van der Waals surface area contributed by atoms with E-state index in [1.54, 1.807) is 37.1 Å². The van der Waals surface area contributed by atoms with E-state index in [2.05, 4.69) is 267 Å². The molecule has 26 nitrogen and oxygen atoms in total. The van der Waals surface area contributed by atoms with Crippen molar-refractivity contribution in [2.45, 2.75) is 184 Å². The number of nitrogens with zero attached hydrogens (tertiary/aromatic N) is 19. The van der Waals surface area contributed by atoms with Gasteiger partial charge in [0, 0.05) is 47.0 Å². The molecule has 0 fully saturated rings. The predicted octanol–water partition coefficient (Wildman–Crippen LogP) is 14.0. The third-order valence-electron chi connectivity index (χ3n) is 4.43.